The molecule has 0 saturated heterocycles. The van der Waals surface area contributed by atoms with E-state index in [-0.39, 0.29) is 0 Å². The van der Waals surface area contributed by atoms with E-state index < -0.39 is 66.0 Å². The Hall–Kier alpha value is -2.28. The Balaban J connectivity index is 5.38. The summed E-state index contributed by atoms with van der Waals surface area (Å²) in [5.41, 5.74) is 11.2. The molecule has 0 aliphatic heterocycles. The van der Waals surface area contributed by atoms with E-state index in [4.69, 9.17) is 11.5 Å². The van der Waals surface area contributed by atoms with E-state index in [9.17, 15) is 34.5 Å². The topological polar surface area (TPSA) is 217 Å². The summed E-state index contributed by atoms with van der Waals surface area (Å²) >= 11 is 0. The van der Waals surface area contributed by atoms with E-state index in [1.54, 1.807) is 13.8 Å². The minimum atomic E-state index is -1.57. The van der Waals surface area contributed by atoms with Gasteiger partial charge in [0.25, 0.3) is 0 Å². The maximum absolute atomic E-state index is 12.8. The first-order valence-electron chi connectivity index (χ1n) is 10.8. The fourth-order valence-corrected chi connectivity index (χ4v) is 2.88. The monoisotopic (exact) mass is 461 g/mol. The highest BCUT2D eigenvalue weighted by Gasteiger charge is 2.35. The molecule has 10 N–H and O–H groups in total. The molecule has 0 heterocycles. The Morgan fingerprint density at radius 3 is 1.72 bits per heavy atom. The molecule has 12 heteroatoms. The molecule has 0 aliphatic carbocycles. The molecule has 0 fully saturated rings. The van der Waals surface area contributed by atoms with E-state index in [0.717, 1.165) is 0 Å². The van der Waals surface area contributed by atoms with Crippen molar-refractivity contribution >= 4 is 23.7 Å². The lowest BCUT2D eigenvalue weighted by atomic mass is 9.96. The van der Waals surface area contributed by atoms with Gasteiger partial charge in [-0.25, -0.2) is 4.79 Å². The number of carbonyl (C=O) groups is 4. The second-order valence-corrected chi connectivity index (χ2v) is 8.05. The van der Waals surface area contributed by atoms with E-state index >= 15 is 0 Å². The van der Waals surface area contributed by atoms with Gasteiger partial charge in [0.1, 0.15) is 12.1 Å². The average molecular weight is 462 g/mol. The summed E-state index contributed by atoms with van der Waals surface area (Å²) in [7, 11) is 0. The number of aliphatic carboxylic acids is 1. The first-order chi connectivity index (χ1) is 14.9. The number of carboxylic acid groups (broad SMARTS) is 1. The largest absolute Gasteiger partial charge is 0.480 e. The van der Waals surface area contributed by atoms with Crippen LogP contribution in [0.3, 0.4) is 0 Å². The number of aliphatic hydroxyl groups is 2. The van der Waals surface area contributed by atoms with Crippen molar-refractivity contribution in [1.29, 1.82) is 0 Å². The molecule has 7 atom stereocenters. The zero-order valence-corrected chi connectivity index (χ0v) is 19.2. The van der Waals surface area contributed by atoms with Crippen LogP contribution in [0.5, 0.6) is 0 Å². The molecule has 0 rings (SSSR count). The van der Waals surface area contributed by atoms with E-state index in [1.165, 1.54) is 13.8 Å². The zero-order valence-electron chi connectivity index (χ0n) is 19.2. The number of rotatable bonds is 15. The normalized spacial score (nSPS) is 17.8. The van der Waals surface area contributed by atoms with Crippen LogP contribution in [0.15, 0.2) is 0 Å². The molecule has 12 nitrogen and oxygen atoms in total. The van der Waals surface area contributed by atoms with Crippen LogP contribution in [0.1, 0.15) is 53.4 Å². The van der Waals surface area contributed by atoms with Crippen molar-refractivity contribution in [2.75, 3.05) is 6.54 Å². The SMILES string of the molecule is CCC(C)C(NC(=O)C(NC(=O)C(N)CCCCN)C(C)O)C(=O)NC(C(=O)O)C(C)O. The number of aliphatic hydroxyl groups excluding tert-OH is 2. The third kappa shape index (κ3) is 9.90. The van der Waals surface area contributed by atoms with Gasteiger partial charge in [-0.3, -0.25) is 14.4 Å². The molecule has 186 valence electrons. The van der Waals surface area contributed by atoms with Crippen LogP contribution in [0.4, 0.5) is 0 Å². The Kier molecular flexibility index (Phi) is 13.7. The van der Waals surface area contributed by atoms with Crippen LogP contribution < -0.4 is 27.4 Å². The van der Waals surface area contributed by atoms with E-state index in [2.05, 4.69) is 16.0 Å². The van der Waals surface area contributed by atoms with Crippen LogP contribution in [-0.4, -0.2) is 81.9 Å². The van der Waals surface area contributed by atoms with Crippen molar-refractivity contribution in [3.8, 4) is 0 Å². The summed E-state index contributed by atoms with van der Waals surface area (Å²) in [5.74, 6) is -4.11. The van der Waals surface area contributed by atoms with Gasteiger partial charge >= 0.3 is 5.97 Å². The lowest BCUT2D eigenvalue weighted by Crippen LogP contribution is -2.61. The number of hydrogen-bond acceptors (Lipinski definition) is 8. The standard InChI is InChI=1S/C20H39N5O7/c1-5-10(2)14(18(29)25-16(12(4)27)20(31)32)23-19(30)15(11(3)26)24-17(28)13(22)8-6-7-9-21/h10-16,26-27H,5-9,21-22H2,1-4H3,(H,23,30)(H,24,28)(H,25,29)(H,31,32). The van der Waals surface area contributed by atoms with Gasteiger partial charge in [-0.15, -0.1) is 0 Å². The number of nitrogens with two attached hydrogens (primary N) is 2. The van der Waals surface area contributed by atoms with Gasteiger partial charge in [0.05, 0.1) is 18.2 Å². The number of unbranched alkanes of at least 4 members (excludes halogenated alkanes) is 1. The van der Waals surface area contributed by atoms with Crippen molar-refractivity contribution in [3.63, 3.8) is 0 Å². The minimum Gasteiger partial charge on any atom is -0.480 e. The summed E-state index contributed by atoms with van der Waals surface area (Å²) in [5, 5.41) is 35.9. The number of carbonyl (C=O) groups excluding carboxylic acids is 3. The second-order valence-electron chi connectivity index (χ2n) is 8.05. The van der Waals surface area contributed by atoms with Gasteiger partial charge in [-0.2, -0.15) is 0 Å². The molecule has 0 aromatic rings. The first-order valence-corrected chi connectivity index (χ1v) is 10.8. The predicted octanol–water partition coefficient (Wildman–Crippen LogP) is -2.21. The maximum atomic E-state index is 12.8. The number of amides is 3. The highest BCUT2D eigenvalue weighted by atomic mass is 16.4. The van der Waals surface area contributed by atoms with Crippen LogP contribution in [-0.2, 0) is 19.2 Å². The Morgan fingerprint density at radius 1 is 0.812 bits per heavy atom. The lowest BCUT2D eigenvalue weighted by molar-refractivity contribution is -0.145. The van der Waals surface area contributed by atoms with Gasteiger partial charge in [0, 0.05) is 0 Å². The van der Waals surface area contributed by atoms with Gasteiger partial charge < -0.3 is 42.7 Å². The Labute approximate surface area is 188 Å². The molecular formula is C20H39N5O7. The zero-order chi connectivity index (χ0) is 25.0. The summed E-state index contributed by atoms with van der Waals surface area (Å²) < 4.78 is 0. The van der Waals surface area contributed by atoms with E-state index in [0.29, 0.717) is 32.2 Å². The van der Waals surface area contributed by atoms with E-state index in [1.807, 2.05) is 0 Å². The quantitative estimate of drug-likeness (QED) is 0.124. The molecule has 7 unspecified atom stereocenters. The van der Waals surface area contributed by atoms with Gasteiger partial charge in [-0.1, -0.05) is 26.7 Å². The molecule has 3 amide bonds. The summed E-state index contributed by atoms with van der Waals surface area (Å²) in [4.78, 5) is 49.1. The molecule has 0 aliphatic rings. The predicted molar refractivity (Wildman–Crippen MR) is 117 cm³/mol. The molecule has 32 heavy (non-hydrogen) atoms. The van der Waals surface area contributed by atoms with Crippen molar-refractivity contribution in [2.24, 2.45) is 17.4 Å². The summed E-state index contributed by atoms with van der Waals surface area (Å²) in [6, 6.07) is -5.00. The van der Waals surface area contributed by atoms with Crippen molar-refractivity contribution in [1.82, 2.24) is 16.0 Å². The van der Waals surface area contributed by atoms with Gasteiger partial charge in [0.2, 0.25) is 17.7 Å². The van der Waals surface area contributed by atoms with Crippen LogP contribution in [0.2, 0.25) is 0 Å². The molecule has 0 aromatic carbocycles. The number of hydrogen-bond donors (Lipinski definition) is 8. The molecule has 0 saturated carbocycles. The third-order valence-electron chi connectivity index (χ3n) is 5.21. The number of carboxylic acids is 1. The third-order valence-corrected chi connectivity index (χ3v) is 5.21. The molecule has 0 spiro atoms. The molecular weight excluding hydrogens is 422 g/mol. The highest BCUT2D eigenvalue weighted by Crippen LogP contribution is 2.10. The fraction of sp³-hybridized carbons (Fsp3) is 0.800. The summed E-state index contributed by atoms with van der Waals surface area (Å²) in [6.07, 6.45) is -0.527. The van der Waals surface area contributed by atoms with Gasteiger partial charge in [-0.05, 0) is 39.2 Å². The van der Waals surface area contributed by atoms with Gasteiger partial charge in [0.15, 0.2) is 6.04 Å². The van der Waals surface area contributed by atoms with Crippen LogP contribution >= 0.6 is 0 Å². The van der Waals surface area contributed by atoms with Crippen LogP contribution in [0.25, 0.3) is 0 Å². The summed E-state index contributed by atoms with van der Waals surface area (Å²) in [6.45, 7) is 6.42. The smallest absolute Gasteiger partial charge is 0.328 e. The number of nitrogens with one attached hydrogen (secondary N) is 3. The second kappa shape index (κ2) is 14.7. The highest BCUT2D eigenvalue weighted by molar-refractivity contribution is 5.94. The van der Waals surface area contributed by atoms with Crippen molar-refractivity contribution in [2.45, 2.75) is 89.8 Å². The maximum Gasteiger partial charge on any atom is 0.328 e. The lowest BCUT2D eigenvalue weighted by Gasteiger charge is -2.29. The van der Waals surface area contributed by atoms with Crippen LogP contribution in [0, 0.1) is 5.92 Å². The minimum absolute atomic E-state index is 0.352. The molecule has 0 aromatic heterocycles. The first kappa shape index (κ1) is 29.7. The molecule has 0 radical (unpaired) electrons. The fourth-order valence-electron chi connectivity index (χ4n) is 2.88. The van der Waals surface area contributed by atoms with Crippen molar-refractivity contribution in [3.05, 3.63) is 0 Å². The Morgan fingerprint density at radius 2 is 1.28 bits per heavy atom. The average Bonchev–Trinajstić information content (AvgIpc) is 2.72. The molecule has 0 bridgehead atoms. The van der Waals surface area contributed by atoms with Crippen molar-refractivity contribution < 1.29 is 34.5 Å². The Bertz CT molecular complexity index is 629.